The van der Waals surface area contributed by atoms with E-state index in [2.05, 4.69) is 5.32 Å². The van der Waals surface area contributed by atoms with Crippen molar-refractivity contribution in [3.05, 3.63) is 64.2 Å². The first-order valence-electron chi connectivity index (χ1n) is 11.7. The smallest absolute Gasteiger partial charge is 0.397 e. The van der Waals surface area contributed by atoms with E-state index in [1.807, 2.05) is 19.9 Å². The van der Waals surface area contributed by atoms with Crippen LogP contribution in [0.15, 0.2) is 36.4 Å². The topological polar surface area (TPSA) is 102 Å². The van der Waals surface area contributed by atoms with Crippen LogP contribution in [0.2, 0.25) is 0 Å². The number of ether oxygens (including phenoxy) is 2. The van der Waals surface area contributed by atoms with Crippen molar-refractivity contribution in [2.45, 2.75) is 46.1 Å². The first-order chi connectivity index (χ1) is 16.6. The number of hydrogen-bond acceptors (Lipinski definition) is 6. The number of hydrogen-bond donors (Lipinski definition) is 1. The van der Waals surface area contributed by atoms with E-state index in [1.54, 1.807) is 44.2 Å². The minimum Gasteiger partial charge on any atom is -0.496 e. The molecule has 2 aromatic carbocycles. The van der Waals surface area contributed by atoms with Crippen molar-refractivity contribution >= 4 is 23.6 Å². The number of piperidine rings is 1. The Morgan fingerprint density at radius 1 is 1.06 bits per heavy atom. The summed E-state index contributed by atoms with van der Waals surface area (Å²) in [5, 5.41) is 2.94. The molecule has 186 valence electrons. The zero-order chi connectivity index (χ0) is 25.8. The van der Waals surface area contributed by atoms with E-state index in [-0.39, 0.29) is 25.5 Å². The van der Waals surface area contributed by atoms with Crippen LogP contribution in [0.4, 0.5) is 0 Å². The van der Waals surface area contributed by atoms with E-state index >= 15 is 0 Å². The zero-order valence-corrected chi connectivity index (χ0v) is 20.9. The van der Waals surface area contributed by atoms with Gasteiger partial charge in [0, 0.05) is 23.2 Å². The van der Waals surface area contributed by atoms with Crippen LogP contribution in [-0.4, -0.2) is 60.8 Å². The molecule has 35 heavy (non-hydrogen) atoms. The summed E-state index contributed by atoms with van der Waals surface area (Å²) in [6.45, 7) is 7.39. The van der Waals surface area contributed by atoms with Gasteiger partial charge in [0.05, 0.1) is 20.3 Å². The molecule has 1 saturated heterocycles. The molecule has 1 aliphatic rings. The summed E-state index contributed by atoms with van der Waals surface area (Å²) in [5.74, 6) is -2.01. The average molecular weight is 481 g/mol. The Morgan fingerprint density at radius 2 is 1.74 bits per heavy atom. The largest absolute Gasteiger partial charge is 0.496 e. The van der Waals surface area contributed by atoms with Gasteiger partial charge in [-0.25, -0.2) is 4.79 Å². The van der Waals surface area contributed by atoms with Crippen LogP contribution in [0.3, 0.4) is 0 Å². The fraction of sp³-hybridized carbons (Fsp3) is 0.407. The van der Waals surface area contributed by atoms with Crippen molar-refractivity contribution in [1.82, 2.24) is 10.2 Å². The average Bonchev–Trinajstić information content (AvgIpc) is 2.82. The molecule has 8 nitrogen and oxygen atoms in total. The summed E-state index contributed by atoms with van der Waals surface area (Å²) >= 11 is 0. The summed E-state index contributed by atoms with van der Waals surface area (Å²) in [6.07, 6.45) is 0.749. The standard InChI is InChI=1S/C27H32N2O6/c1-6-35-26(33)25(32)29-12-8-11-27(16-29,23(30)20-14-17(2)13-18(3)15-20)28-24(31)21-9-7-10-22(34-5)19(21)4/h7,9-10,13-15H,6,8,11-12,16H2,1-5H3,(H,28,31). The van der Waals surface area contributed by atoms with Gasteiger partial charge >= 0.3 is 11.9 Å². The Bertz CT molecular complexity index is 1140. The number of rotatable bonds is 6. The number of carbonyl (C=O) groups excluding carboxylic acids is 4. The molecule has 1 aliphatic heterocycles. The van der Waals surface area contributed by atoms with Crippen LogP contribution < -0.4 is 10.1 Å². The van der Waals surface area contributed by atoms with Crippen molar-refractivity contribution < 1.29 is 28.7 Å². The molecule has 1 atom stereocenters. The molecule has 1 heterocycles. The highest BCUT2D eigenvalue weighted by Gasteiger charge is 2.46. The second kappa shape index (κ2) is 10.7. The Balaban J connectivity index is 2.03. The number of esters is 1. The summed E-state index contributed by atoms with van der Waals surface area (Å²) < 4.78 is 10.2. The lowest BCUT2D eigenvalue weighted by Gasteiger charge is -2.42. The molecule has 0 bridgehead atoms. The number of aryl methyl sites for hydroxylation is 2. The van der Waals surface area contributed by atoms with Crippen molar-refractivity contribution in [2.75, 3.05) is 26.8 Å². The lowest BCUT2D eigenvalue weighted by Crippen LogP contribution is -2.64. The highest BCUT2D eigenvalue weighted by atomic mass is 16.5. The minimum absolute atomic E-state index is 0.0664. The Hall–Kier alpha value is -3.68. The third-order valence-electron chi connectivity index (χ3n) is 6.25. The van der Waals surface area contributed by atoms with Gasteiger partial charge < -0.3 is 19.7 Å². The van der Waals surface area contributed by atoms with Crippen LogP contribution in [0.25, 0.3) is 0 Å². The van der Waals surface area contributed by atoms with Crippen molar-refractivity contribution in [3.63, 3.8) is 0 Å². The fourth-order valence-electron chi connectivity index (χ4n) is 4.64. The van der Waals surface area contributed by atoms with Gasteiger partial charge in [-0.05, 0) is 64.8 Å². The Kier molecular flexibility index (Phi) is 7.94. The highest BCUT2D eigenvalue weighted by Crippen LogP contribution is 2.29. The highest BCUT2D eigenvalue weighted by molar-refractivity contribution is 6.32. The van der Waals surface area contributed by atoms with Gasteiger partial charge in [0.1, 0.15) is 11.3 Å². The van der Waals surface area contributed by atoms with E-state index in [1.165, 1.54) is 12.0 Å². The summed E-state index contributed by atoms with van der Waals surface area (Å²) in [7, 11) is 1.52. The number of nitrogens with zero attached hydrogens (tertiary/aromatic N) is 1. The summed E-state index contributed by atoms with van der Waals surface area (Å²) in [4.78, 5) is 53.6. The molecule has 0 aromatic heterocycles. The third kappa shape index (κ3) is 5.53. The van der Waals surface area contributed by atoms with Crippen LogP contribution in [0, 0.1) is 20.8 Å². The maximum Gasteiger partial charge on any atom is 0.397 e. The van der Waals surface area contributed by atoms with Crippen LogP contribution >= 0.6 is 0 Å². The number of carbonyl (C=O) groups is 4. The quantitative estimate of drug-likeness (QED) is 0.387. The number of nitrogens with one attached hydrogen (secondary N) is 1. The molecule has 1 fully saturated rings. The maximum absolute atomic E-state index is 14.0. The van der Waals surface area contributed by atoms with Gasteiger partial charge in [0.15, 0.2) is 5.78 Å². The lowest BCUT2D eigenvalue weighted by molar-refractivity contribution is -0.160. The van der Waals surface area contributed by atoms with Gasteiger partial charge in [-0.1, -0.05) is 23.3 Å². The van der Waals surface area contributed by atoms with E-state index in [4.69, 9.17) is 9.47 Å². The van der Waals surface area contributed by atoms with Gasteiger partial charge in [0.2, 0.25) is 0 Å². The second-order valence-corrected chi connectivity index (χ2v) is 8.93. The molecule has 1 N–H and O–H groups in total. The fourth-order valence-corrected chi connectivity index (χ4v) is 4.64. The van der Waals surface area contributed by atoms with Crippen molar-refractivity contribution in [3.8, 4) is 5.75 Å². The zero-order valence-electron chi connectivity index (χ0n) is 20.9. The molecule has 0 spiro atoms. The predicted octanol–water partition coefficient (Wildman–Crippen LogP) is 3.16. The van der Waals surface area contributed by atoms with Gasteiger partial charge in [0.25, 0.3) is 5.91 Å². The SMILES string of the molecule is CCOC(=O)C(=O)N1CCCC(NC(=O)c2cccc(OC)c2C)(C(=O)c2cc(C)cc(C)c2)C1. The summed E-state index contributed by atoms with van der Waals surface area (Å²) in [5.41, 5.74) is 1.85. The molecule has 8 heteroatoms. The number of amides is 2. The summed E-state index contributed by atoms with van der Waals surface area (Å²) in [6, 6.07) is 10.6. The van der Waals surface area contributed by atoms with Crippen LogP contribution in [0.1, 0.15) is 57.2 Å². The minimum atomic E-state index is -1.41. The second-order valence-electron chi connectivity index (χ2n) is 8.93. The van der Waals surface area contributed by atoms with Crippen molar-refractivity contribution in [2.24, 2.45) is 0 Å². The van der Waals surface area contributed by atoms with Gasteiger partial charge in [-0.2, -0.15) is 0 Å². The van der Waals surface area contributed by atoms with E-state index in [0.717, 1.165) is 11.1 Å². The normalized spacial score (nSPS) is 17.5. The van der Waals surface area contributed by atoms with E-state index in [9.17, 15) is 19.2 Å². The molecule has 0 saturated carbocycles. The monoisotopic (exact) mass is 480 g/mol. The Morgan fingerprint density at radius 3 is 2.37 bits per heavy atom. The van der Waals surface area contributed by atoms with Crippen molar-refractivity contribution in [1.29, 1.82) is 0 Å². The van der Waals surface area contributed by atoms with Crippen LogP contribution in [0.5, 0.6) is 5.75 Å². The number of likely N-dealkylation sites (tertiary alicyclic amines) is 1. The van der Waals surface area contributed by atoms with Gasteiger partial charge in [-0.3, -0.25) is 14.4 Å². The number of benzene rings is 2. The first kappa shape index (κ1) is 25.9. The maximum atomic E-state index is 14.0. The van der Waals surface area contributed by atoms with E-state index < -0.39 is 23.3 Å². The van der Waals surface area contributed by atoms with Crippen LogP contribution in [-0.2, 0) is 14.3 Å². The molecular formula is C27H32N2O6. The predicted molar refractivity (Wildman–Crippen MR) is 131 cm³/mol. The lowest BCUT2D eigenvalue weighted by atomic mass is 9.80. The molecule has 3 rings (SSSR count). The van der Waals surface area contributed by atoms with Gasteiger partial charge in [-0.15, -0.1) is 0 Å². The Labute approximate surface area is 205 Å². The molecule has 2 amide bonds. The number of Topliss-reactive ketones (excluding diaryl/α,β-unsaturated/α-hetero) is 1. The van der Waals surface area contributed by atoms with E-state index in [0.29, 0.717) is 35.3 Å². The molecule has 0 radical (unpaired) electrons. The first-order valence-corrected chi connectivity index (χ1v) is 11.7. The molecular weight excluding hydrogens is 448 g/mol. The molecule has 2 aromatic rings. The number of ketones is 1. The third-order valence-corrected chi connectivity index (χ3v) is 6.25. The molecule has 0 aliphatic carbocycles. The molecule has 1 unspecified atom stereocenters. The number of methoxy groups -OCH3 is 1.